The summed E-state index contributed by atoms with van der Waals surface area (Å²) in [7, 11) is 0. The van der Waals surface area contributed by atoms with Crippen LogP contribution in [0, 0.1) is 0 Å². The van der Waals surface area contributed by atoms with Crippen molar-refractivity contribution in [1.29, 1.82) is 0 Å². The molecule has 0 unspecified atom stereocenters. The predicted octanol–water partition coefficient (Wildman–Crippen LogP) is 1.80. The number of benzene rings is 1. The molecule has 1 heterocycles. The molecule has 1 aromatic carbocycles. The monoisotopic (exact) mass is 580 g/mol. The van der Waals surface area contributed by atoms with E-state index in [1.54, 1.807) is 0 Å². The maximum absolute atomic E-state index is 12.1. The molecule has 0 bridgehead atoms. The summed E-state index contributed by atoms with van der Waals surface area (Å²) in [5.41, 5.74) is 0.896. The second-order valence-corrected chi connectivity index (χ2v) is 9.51. The highest BCUT2D eigenvalue weighted by atomic mass is 16.6. The number of nitrogens with one attached hydrogen (secondary N) is 2. The van der Waals surface area contributed by atoms with E-state index in [9.17, 15) is 24.0 Å². The van der Waals surface area contributed by atoms with Gasteiger partial charge in [0.2, 0.25) is 5.91 Å². The van der Waals surface area contributed by atoms with Crippen molar-refractivity contribution < 1.29 is 52.4 Å². The lowest BCUT2D eigenvalue weighted by atomic mass is 9.97. The first kappa shape index (κ1) is 33.5. The SMILES string of the molecule is CC(=O)N[C@H]1[C@@H](OC(C)=O)[C@@H](OC(C)=O)[C@@H](COC(C)=O)OC[C@@H]1OCCCCCNC(=O)OCc1ccccc1. The van der Waals surface area contributed by atoms with Crippen LogP contribution in [0.15, 0.2) is 30.3 Å². The van der Waals surface area contributed by atoms with Gasteiger partial charge in [0.25, 0.3) is 0 Å². The Kier molecular flexibility index (Phi) is 14.6. The van der Waals surface area contributed by atoms with E-state index in [4.69, 9.17) is 28.4 Å². The van der Waals surface area contributed by atoms with Gasteiger partial charge in [-0.1, -0.05) is 30.3 Å². The van der Waals surface area contributed by atoms with Gasteiger partial charge >= 0.3 is 24.0 Å². The van der Waals surface area contributed by atoms with Gasteiger partial charge in [-0.25, -0.2) is 4.79 Å². The largest absolute Gasteiger partial charge is 0.463 e. The lowest BCUT2D eigenvalue weighted by Gasteiger charge is -2.35. The van der Waals surface area contributed by atoms with Crippen LogP contribution in [-0.4, -0.2) is 86.7 Å². The first-order valence-electron chi connectivity index (χ1n) is 13.5. The minimum Gasteiger partial charge on any atom is -0.463 e. The number of carbonyl (C=O) groups excluding carboxylic acids is 5. The molecule has 1 saturated heterocycles. The minimum absolute atomic E-state index is 0.0682. The highest BCUT2D eigenvalue weighted by Gasteiger charge is 2.48. The van der Waals surface area contributed by atoms with Crippen molar-refractivity contribution in [2.24, 2.45) is 0 Å². The van der Waals surface area contributed by atoms with E-state index in [-0.39, 0.29) is 26.4 Å². The zero-order chi connectivity index (χ0) is 30.2. The molecule has 41 heavy (non-hydrogen) atoms. The maximum atomic E-state index is 12.1. The summed E-state index contributed by atoms with van der Waals surface area (Å²) in [5, 5.41) is 5.44. The molecule has 0 aromatic heterocycles. The second kappa shape index (κ2) is 17.9. The molecule has 1 aliphatic rings. The second-order valence-electron chi connectivity index (χ2n) is 9.51. The van der Waals surface area contributed by atoms with Crippen LogP contribution in [0.25, 0.3) is 0 Å². The number of ether oxygens (including phenoxy) is 6. The number of rotatable bonds is 14. The third-order valence-corrected chi connectivity index (χ3v) is 5.98. The highest BCUT2D eigenvalue weighted by Crippen LogP contribution is 2.25. The van der Waals surface area contributed by atoms with E-state index in [1.165, 1.54) is 27.7 Å². The first-order valence-corrected chi connectivity index (χ1v) is 13.5. The standard InChI is InChI=1S/C28H40N2O11/c1-18(31)30-25-23(36-14-10-6-9-13-29-28(35)39-15-22-11-7-5-8-12-22)16-38-24(17-37-19(2)32)26(40-20(3)33)27(25)41-21(4)34/h5,7-8,11-12,23-27H,6,9-10,13-17H2,1-4H3,(H,29,35)(H,30,31)/t23-,24+,25+,26-,27+/m0/s1. The van der Waals surface area contributed by atoms with Crippen LogP contribution < -0.4 is 10.6 Å². The van der Waals surface area contributed by atoms with Gasteiger partial charge < -0.3 is 39.1 Å². The Labute approximate surface area is 239 Å². The molecule has 5 atom stereocenters. The molecule has 1 fully saturated rings. The van der Waals surface area contributed by atoms with E-state index >= 15 is 0 Å². The number of alkyl carbamates (subject to hydrolysis) is 1. The van der Waals surface area contributed by atoms with Crippen molar-refractivity contribution in [3.63, 3.8) is 0 Å². The van der Waals surface area contributed by atoms with Gasteiger partial charge in [-0.15, -0.1) is 0 Å². The number of carbonyl (C=O) groups is 5. The Hall–Kier alpha value is -3.71. The minimum atomic E-state index is -1.19. The molecule has 2 rings (SSSR count). The molecule has 2 amide bonds. The van der Waals surface area contributed by atoms with E-state index in [0.29, 0.717) is 19.4 Å². The van der Waals surface area contributed by atoms with E-state index in [0.717, 1.165) is 12.0 Å². The summed E-state index contributed by atoms with van der Waals surface area (Å²) in [6, 6.07) is 8.44. The van der Waals surface area contributed by atoms with E-state index in [1.807, 2.05) is 30.3 Å². The molecule has 2 N–H and O–H groups in total. The molecule has 0 aliphatic carbocycles. The Morgan fingerprint density at radius 1 is 0.854 bits per heavy atom. The van der Waals surface area contributed by atoms with Gasteiger partial charge in [0.1, 0.15) is 25.4 Å². The Morgan fingerprint density at radius 3 is 2.17 bits per heavy atom. The van der Waals surface area contributed by atoms with E-state index in [2.05, 4.69) is 10.6 Å². The molecule has 1 aromatic rings. The normalized spacial score (nSPS) is 22.0. The van der Waals surface area contributed by atoms with Crippen LogP contribution >= 0.6 is 0 Å². The van der Waals surface area contributed by atoms with Crippen LogP contribution in [0.1, 0.15) is 52.5 Å². The van der Waals surface area contributed by atoms with Crippen molar-refractivity contribution in [1.82, 2.24) is 10.6 Å². The molecule has 0 radical (unpaired) electrons. The fourth-order valence-corrected chi connectivity index (χ4v) is 4.22. The third kappa shape index (κ3) is 13.0. The molecule has 228 valence electrons. The molecule has 13 heteroatoms. The van der Waals surface area contributed by atoms with E-state index < -0.39 is 60.4 Å². The van der Waals surface area contributed by atoms with Crippen molar-refractivity contribution in [2.75, 3.05) is 26.4 Å². The quantitative estimate of drug-likeness (QED) is 0.187. The summed E-state index contributed by atoms with van der Waals surface area (Å²) < 4.78 is 33.1. The Balaban J connectivity index is 1.94. The third-order valence-electron chi connectivity index (χ3n) is 5.98. The Morgan fingerprint density at radius 2 is 1.54 bits per heavy atom. The number of esters is 3. The number of hydrogen-bond donors (Lipinski definition) is 2. The summed E-state index contributed by atoms with van der Waals surface area (Å²) >= 11 is 0. The zero-order valence-corrected chi connectivity index (χ0v) is 23.9. The highest BCUT2D eigenvalue weighted by molar-refractivity contribution is 5.73. The van der Waals surface area contributed by atoms with Crippen molar-refractivity contribution in [3.05, 3.63) is 35.9 Å². The van der Waals surface area contributed by atoms with Crippen molar-refractivity contribution >= 4 is 29.9 Å². The van der Waals surface area contributed by atoms with Gasteiger partial charge in [-0.05, 0) is 24.8 Å². The topological polar surface area (TPSA) is 165 Å². The molecule has 13 nitrogen and oxygen atoms in total. The van der Waals surface area contributed by atoms with Crippen molar-refractivity contribution in [2.45, 2.75) is 84.0 Å². The molecule has 0 saturated carbocycles. The fraction of sp³-hybridized carbons (Fsp3) is 0.607. The lowest BCUT2D eigenvalue weighted by molar-refractivity contribution is -0.182. The van der Waals surface area contributed by atoms with Gasteiger partial charge in [0.15, 0.2) is 12.2 Å². The van der Waals surface area contributed by atoms with Crippen molar-refractivity contribution in [3.8, 4) is 0 Å². The molecule has 1 aliphatic heterocycles. The lowest BCUT2D eigenvalue weighted by Crippen LogP contribution is -2.58. The summed E-state index contributed by atoms with van der Waals surface area (Å²) in [4.78, 5) is 59.3. The van der Waals surface area contributed by atoms with Gasteiger partial charge in [-0.3, -0.25) is 19.2 Å². The first-order chi connectivity index (χ1) is 19.6. The average molecular weight is 581 g/mol. The summed E-state index contributed by atoms with van der Waals surface area (Å²) in [5.74, 6) is -2.36. The van der Waals surface area contributed by atoms with Gasteiger partial charge in [0, 0.05) is 40.8 Å². The van der Waals surface area contributed by atoms with Crippen LogP contribution in [-0.2, 0) is 54.2 Å². The predicted molar refractivity (Wildman–Crippen MR) is 143 cm³/mol. The van der Waals surface area contributed by atoms with Crippen LogP contribution in [0.2, 0.25) is 0 Å². The number of amides is 2. The number of unbranched alkanes of at least 4 members (excludes halogenated alkanes) is 2. The van der Waals surface area contributed by atoms with Gasteiger partial charge in [0.05, 0.1) is 12.6 Å². The average Bonchev–Trinajstić information content (AvgIpc) is 3.02. The number of hydrogen-bond acceptors (Lipinski definition) is 11. The van der Waals surface area contributed by atoms with Crippen LogP contribution in [0.4, 0.5) is 4.79 Å². The van der Waals surface area contributed by atoms with Gasteiger partial charge in [-0.2, -0.15) is 0 Å². The Bertz CT molecular complexity index is 1000. The van der Waals surface area contributed by atoms with Crippen LogP contribution in [0.5, 0.6) is 0 Å². The molecular weight excluding hydrogens is 540 g/mol. The molecule has 0 spiro atoms. The molecular formula is C28H40N2O11. The summed E-state index contributed by atoms with van der Waals surface area (Å²) in [6.07, 6.45) is -2.62. The zero-order valence-electron chi connectivity index (χ0n) is 23.9. The van der Waals surface area contributed by atoms with Crippen LogP contribution in [0.3, 0.4) is 0 Å². The summed E-state index contributed by atoms with van der Waals surface area (Å²) in [6.45, 7) is 5.41. The smallest absolute Gasteiger partial charge is 0.407 e. The maximum Gasteiger partial charge on any atom is 0.407 e. The fourth-order valence-electron chi connectivity index (χ4n) is 4.22.